The highest BCUT2D eigenvalue weighted by molar-refractivity contribution is 6.04. The van der Waals surface area contributed by atoms with Crippen LogP contribution in [0.3, 0.4) is 0 Å². The lowest BCUT2D eigenvalue weighted by Crippen LogP contribution is -2.12. The van der Waals surface area contributed by atoms with Crippen LogP contribution in [0.1, 0.15) is 16.2 Å². The molecule has 4 aromatic rings. The monoisotopic (exact) mass is 399 g/mol. The number of aromatic amines is 1. The minimum Gasteiger partial charge on any atom is -0.364 e. The summed E-state index contributed by atoms with van der Waals surface area (Å²) in [6.07, 6.45) is -1.80. The van der Waals surface area contributed by atoms with Crippen LogP contribution in [-0.4, -0.2) is 31.1 Å². The van der Waals surface area contributed by atoms with Crippen LogP contribution < -0.4 is 11.1 Å². The summed E-state index contributed by atoms with van der Waals surface area (Å²) >= 11 is 0. The Bertz CT molecular complexity index is 1210. The molecule has 0 fully saturated rings. The third kappa shape index (κ3) is 3.70. The number of nitrogens with zero attached hydrogens (tertiary/aromatic N) is 4. The number of alkyl halides is 3. The van der Waals surface area contributed by atoms with Crippen molar-refractivity contribution in [1.29, 1.82) is 0 Å². The Morgan fingerprint density at radius 3 is 2.66 bits per heavy atom. The summed E-state index contributed by atoms with van der Waals surface area (Å²) in [5.41, 5.74) is 5.50. The minimum absolute atomic E-state index is 0.0263. The number of hydrogen-bond acceptors (Lipinski definition) is 6. The molecule has 0 aliphatic rings. The van der Waals surface area contributed by atoms with Gasteiger partial charge < -0.3 is 11.1 Å². The predicted octanol–water partition coefficient (Wildman–Crippen LogP) is 3.28. The topological polar surface area (TPSA) is 122 Å². The summed E-state index contributed by atoms with van der Waals surface area (Å²) in [5.74, 6) is -0.930. The second-order valence-corrected chi connectivity index (χ2v) is 6.02. The van der Waals surface area contributed by atoms with E-state index in [1.807, 2.05) is 0 Å². The molecule has 0 spiro atoms. The number of carbonyl (C=O) groups is 1. The van der Waals surface area contributed by atoms with Gasteiger partial charge in [0, 0.05) is 35.1 Å². The van der Waals surface area contributed by atoms with Crippen LogP contribution in [-0.2, 0) is 6.18 Å². The van der Waals surface area contributed by atoms with Gasteiger partial charge in [-0.15, -0.1) is 0 Å². The van der Waals surface area contributed by atoms with Gasteiger partial charge in [-0.05, 0) is 30.3 Å². The summed E-state index contributed by atoms with van der Waals surface area (Å²) in [6.45, 7) is 0. The number of hydrogen-bond donors (Lipinski definition) is 3. The molecule has 0 bridgehead atoms. The Morgan fingerprint density at radius 2 is 1.97 bits per heavy atom. The number of amides is 1. The van der Waals surface area contributed by atoms with E-state index in [4.69, 9.17) is 5.73 Å². The van der Waals surface area contributed by atoms with Gasteiger partial charge in [-0.3, -0.25) is 14.9 Å². The maximum absolute atomic E-state index is 13.3. The Balaban J connectivity index is 1.77. The van der Waals surface area contributed by atoms with E-state index in [1.54, 1.807) is 24.3 Å². The Morgan fingerprint density at radius 1 is 1.14 bits per heavy atom. The van der Waals surface area contributed by atoms with E-state index in [1.165, 1.54) is 18.5 Å². The number of rotatable bonds is 4. The molecular weight excluding hydrogens is 387 g/mol. The molecular formula is C18H12F3N7O. The number of carbonyl (C=O) groups excluding carboxylic acids is 1. The lowest BCUT2D eigenvalue weighted by molar-refractivity contribution is -0.141. The van der Waals surface area contributed by atoms with Gasteiger partial charge in [-0.1, -0.05) is 0 Å². The number of benzene rings is 1. The Hall–Kier alpha value is -4.02. The van der Waals surface area contributed by atoms with E-state index >= 15 is 0 Å². The third-order valence-electron chi connectivity index (χ3n) is 4.00. The first-order valence-electron chi connectivity index (χ1n) is 8.23. The summed E-state index contributed by atoms with van der Waals surface area (Å²) in [5, 5.41) is 9.73. The van der Waals surface area contributed by atoms with Gasteiger partial charge in [0.2, 0.25) is 0 Å². The van der Waals surface area contributed by atoms with Crippen molar-refractivity contribution in [2.75, 3.05) is 5.32 Å². The zero-order valence-electron chi connectivity index (χ0n) is 14.5. The molecule has 0 atom stereocenters. The molecule has 0 radical (unpaired) electrons. The molecule has 11 heteroatoms. The summed E-state index contributed by atoms with van der Waals surface area (Å²) in [4.78, 5) is 23.1. The smallest absolute Gasteiger partial charge is 0.364 e. The van der Waals surface area contributed by atoms with Crippen molar-refractivity contribution in [2.24, 2.45) is 5.73 Å². The average Bonchev–Trinajstić information content (AvgIpc) is 3.11. The maximum atomic E-state index is 13.3. The van der Waals surface area contributed by atoms with Gasteiger partial charge >= 0.3 is 6.18 Å². The zero-order valence-corrected chi connectivity index (χ0v) is 14.5. The molecule has 8 nitrogen and oxygen atoms in total. The number of anilines is 2. The van der Waals surface area contributed by atoms with Gasteiger partial charge in [0.1, 0.15) is 5.82 Å². The van der Waals surface area contributed by atoms with Gasteiger partial charge in [-0.25, -0.2) is 9.97 Å². The van der Waals surface area contributed by atoms with Gasteiger partial charge in [0.05, 0.1) is 5.52 Å². The van der Waals surface area contributed by atoms with Gasteiger partial charge in [-0.2, -0.15) is 18.3 Å². The fourth-order valence-electron chi connectivity index (χ4n) is 2.71. The number of nitrogens with one attached hydrogen (secondary N) is 2. The first-order valence-corrected chi connectivity index (χ1v) is 8.23. The molecule has 4 rings (SSSR count). The summed E-state index contributed by atoms with van der Waals surface area (Å²) in [6, 6.07) is 8.69. The average molecular weight is 399 g/mol. The molecule has 3 aromatic heterocycles. The van der Waals surface area contributed by atoms with Gasteiger partial charge in [0.25, 0.3) is 5.91 Å². The van der Waals surface area contributed by atoms with Crippen LogP contribution in [0.15, 0.2) is 48.8 Å². The van der Waals surface area contributed by atoms with Crippen molar-refractivity contribution in [2.45, 2.75) is 6.18 Å². The number of fused-ring (bicyclic) bond motifs is 1. The van der Waals surface area contributed by atoms with Crippen molar-refractivity contribution >= 4 is 28.3 Å². The van der Waals surface area contributed by atoms with E-state index in [9.17, 15) is 18.0 Å². The van der Waals surface area contributed by atoms with Crippen molar-refractivity contribution in [3.05, 3.63) is 60.2 Å². The van der Waals surface area contributed by atoms with Crippen molar-refractivity contribution in [1.82, 2.24) is 25.1 Å². The van der Waals surface area contributed by atoms with Crippen molar-refractivity contribution < 1.29 is 18.0 Å². The van der Waals surface area contributed by atoms with E-state index in [0.29, 0.717) is 22.2 Å². The normalized spacial score (nSPS) is 11.6. The van der Waals surface area contributed by atoms with Crippen LogP contribution in [0, 0.1) is 0 Å². The Labute approximate surface area is 161 Å². The van der Waals surface area contributed by atoms with E-state index in [0.717, 1.165) is 6.07 Å². The molecule has 0 unspecified atom stereocenters. The Kier molecular flexibility index (Phi) is 4.34. The van der Waals surface area contributed by atoms with Crippen molar-refractivity contribution in [3.8, 4) is 11.4 Å². The fourth-order valence-corrected chi connectivity index (χ4v) is 2.71. The van der Waals surface area contributed by atoms with Crippen LogP contribution in [0.5, 0.6) is 0 Å². The lowest BCUT2D eigenvalue weighted by Gasteiger charge is -2.12. The van der Waals surface area contributed by atoms with Crippen LogP contribution in [0.25, 0.3) is 22.3 Å². The number of H-pyrrole nitrogens is 1. The molecule has 0 aliphatic carbocycles. The molecule has 0 aliphatic heterocycles. The van der Waals surface area contributed by atoms with E-state index < -0.39 is 17.8 Å². The molecule has 3 heterocycles. The first-order chi connectivity index (χ1) is 13.8. The number of pyridine rings is 1. The predicted molar refractivity (Wildman–Crippen MR) is 98.2 cm³/mol. The minimum atomic E-state index is -4.66. The van der Waals surface area contributed by atoms with Gasteiger partial charge in [0.15, 0.2) is 17.2 Å². The lowest BCUT2D eigenvalue weighted by atomic mass is 10.2. The highest BCUT2D eigenvalue weighted by Crippen LogP contribution is 2.32. The molecule has 29 heavy (non-hydrogen) atoms. The second kappa shape index (κ2) is 6.86. The van der Waals surface area contributed by atoms with E-state index in [2.05, 4.69) is 30.5 Å². The van der Waals surface area contributed by atoms with Crippen LogP contribution in [0.4, 0.5) is 24.7 Å². The number of aromatic nitrogens is 5. The summed E-state index contributed by atoms with van der Waals surface area (Å²) in [7, 11) is 0. The molecule has 0 saturated heterocycles. The van der Waals surface area contributed by atoms with Crippen LogP contribution >= 0.6 is 0 Å². The first kappa shape index (κ1) is 18.3. The standard InChI is InChI=1S/C18H12F3N7O/c19-18(20,21)13-7-14(26-17(25-13)9-2-1-5-23-8-9)24-10-3-4-12-11(6-10)15(16(22)29)28-27-12/h1-8H,(H2,22,29)(H,27,28)(H,24,25,26). The quantitative estimate of drug-likeness (QED) is 0.484. The number of halogens is 3. The highest BCUT2D eigenvalue weighted by Gasteiger charge is 2.34. The number of nitrogens with two attached hydrogens (primary N) is 1. The highest BCUT2D eigenvalue weighted by atomic mass is 19.4. The zero-order chi connectivity index (χ0) is 20.6. The largest absolute Gasteiger partial charge is 0.433 e. The number of primary amides is 1. The SMILES string of the molecule is NC(=O)c1n[nH]c2ccc(Nc3cc(C(F)(F)F)nc(-c4cccnc4)n3)cc12. The molecule has 0 saturated carbocycles. The molecule has 1 amide bonds. The maximum Gasteiger partial charge on any atom is 0.433 e. The summed E-state index contributed by atoms with van der Waals surface area (Å²) < 4.78 is 39.9. The molecule has 4 N–H and O–H groups in total. The van der Waals surface area contributed by atoms with Crippen LogP contribution in [0.2, 0.25) is 0 Å². The van der Waals surface area contributed by atoms with E-state index in [-0.39, 0.29) is 17.3 Å². The third-order valence-corrected chi connectivity index (χ3v) is 4.00. The molecule has 1 aromatic carbocycles. The molecule has 146 valence electrons. The fraction of sp³-hybridized carbons (Fsp3) is 0.0556. The second-order valence-electron chi connectivity index (χ2n) is 6.02. The van der Waals surface area contributed by atoms with Crippen molar-refractivity contribution in [3.63, 3.8) is 0 Å².